The lowest BCUT2D eigenvalue weighted by atomic mass is 9.61. The van der Waals surface area contributed by atoms with Crippen molar-refractivity contribution in [3.05, 3.63) is 65.6 Å². The molecule has 4 aliphatic heterocycles. The number of morpholine rings is 1. The summed E-state index contributed by atoms with van der Waals surface area (Å²) in [5.41, 5.74) is 2.76. The van der Waals surface area contributed by atoms with Gasteiger partial charge in [0.1, 0.15) is 29.7 Å². The maximum Gasteiger partial charge on any atom is 0.257 e. The number of hydrogen-bond acceptors (Lipinski definition) is 11. The number of likely N-dealkylation sites (tertiary alicyclic amines) is 1. The predicted octanol–water partition coefficient (Wildman–Crippen LogP) is 4.87. The van der Waals surface area contributed by atoms with Crippen molar-refractivity contribution in [2.24, 2.45) is 5.41 Å². The molecule has 0 radical (unpaired) electrons. The number of nitrogens with zero attached hydrogens (tertiary/aromatic N) is 8. The quantitative estimate of drug-likeness (QED) is 0.254. The van der Waals surface area contributed by atoms with Crippen LogP contribution in [-0.4, -0.2) is 137 Å². The zero-order valence-corrected chi connectivity index (χ0v) is 32.3. The van der Waals surface area contributed by atoms with Crippen LogP contribution < -0.4 is 14.4 Å². The van der Waals surface area contributed by atoms with Gasteiger partial charge >= 0.3 is 0 Å². The summed E-state index contributed by atoms with van der Waals surface area (Å²) < 4.78 is 33.5. The number of carbonyl (C=O) groups is 1. The lowest BCUT2D eigenvalue weighted by Crippen LogP contribution is -2.65. The van der Waals surface area contributed by atoms with Crippen molar-refractivity contribution < 1.29 is 23.4 Å². The second-order valence-electron chi connectivity index (χ2n) is 16.3. The van der Waals surface area contributed by atoms with Gasteiger partial charge in [0.2, 0.25) is 0 Å². The third-order valence-corrected chi connectivity index (χ3v) is 12.2. The summed E-state index contributed by atoms with van der Waals surface area (Å²) in [6.45, 7) is 16.2. The zero-order chi connectivity index (χ0) is 37.4. The topological polar surface area (TPSA) is 99.6 Å². The van der Waals surface area contributed by atoms with E-state index in [4.69, 9.17) is 19.2 Å². The van der Waals surface area contributed by atoms with Gasteiger partial charge in [0, 0.05) is 93.7 Å². The van der Waals surface area contributed by atoms with E-state index in [9.17, 15) is 9.18 Å². The van der Waals surface area contributed by atoms with Crippen LogP contribution in [0.4, 0.5) is 10.2 Å². The van der Waals surface area contributed by atoms with Crippen molar-refractivity contribution in [3.63, 3.8) is 0 Å². The van der Waals surface area contributed by atoms with Crippen molar-refractivity contribution in [1.82, 2.24) is 34.6 Å². The number of benzene rings is 1. The van der Waals surface area contributed by atoms with E-state index < -0.39 is 5.82 Å². The summed E-state index contributed by atoms with van der Waals surface area (Å²) in [6.07, 6.45) is 10.8. The van der Waals surface area contributed by atoms with Gasteiger partial charge in [0.25, 0.3) is 5.91 Å². The number of amides is 1. The van der Waals surface area contributed by atoms with Gasteiger partial charge in [-0.1, -0.05) is 0 Å². The number of piperidine rings is 1. The summed E-state index contributed by atoms with van der Waals surface area (Å²) >= 11 is 0. The Kier molecular flexibility index (Phi) is 10.8. The minimum absolute atomic E-state index is 0.0382. The molecule has 3 saturated heterocycles. The third kappa shape index (κ3) is 7.65. The summed E-state index contributed by atoms with van der Waals surface area (Å²) in [6, 6.07) is 6.58. The van der Waals surface area contributed by atoms with E-state index in [1.54, 1.807) is 11.1 Å². The second kappa shape index (κ2) is 15.7. The van der Waals surface area contributed by atoms with Crippen LogP contribution in [0.1, 0.15) is 68.1 Å². The van der Waals surface area contributed by atoms with Crippen molar-refractivity contribution in [2.45, 2.75) is 83.7 Å². The highest BCUT2D eigenvalue weighted by Crippen LogP contribution is 2.52. The average Bonchev–Trinajstić information content (AvgIpc) is 3.13. The molecule has 2 aromatic heterocycles. The standard InChI is InChI=1S/C41H55FN8O4/c1-5-50(28(2)3)40(51)31-19-29(42)7-8-35(31)54-38-22-43-27-45-39(38)49-25-41(26-49)20-30(21-41)53-36-9-12-44-33-10-16-47(23-32(33)36)13-6-14-48-17-18-52-37-11-15-46(4)24-34(37)48/h7-9,12,19,22,27-28,30,34,37H,5-6,10-11,13-18,20-21,23-26H2,1-4H3/t34-,37-/m0/s1. The van der Waals surface area contributed by atoms with Gasteiger partial charge in [0.15, 0.2) is 11.6 Å². The van der Waals surface area contributed by atoms with Crippen LogP contribution in [0.3, 0.4) is 0 Å². The Bertz CT molecular complexity index is 1800. The predicted molar refractivity (Wildman–Crippen MR) is 204 cm³/mol. The summed E-state index contributed by atoms with van der Waals surface area (Å²) in [4.78, 5) is 38.5. The van der Waals surface area contributed by atoms with Gasteiger partial charge in [-0.05, 0) is 90.9 Å². The minimum atomic E-state index is -0.490. The molecule has 0 N–H and O–H groups in total. The fraction of sp³-hybridized carbons (Fsp3) is 0.610. The number of aromatic nitrogens is 3. The van der Waals surface area contributed by atoms with Crippen LogP contribution in [0, 0.1) is 11.2 Å². The lowest BCUT2D eigenvalue weighted by molar-refractivity contribution is -0.100. The summed E-state index contributed by atoms with van der Waals surface area (Å²) in [7, 11) is 2.23. The Balaban J connectivity index is 0.850. The van der Waals surface area contributed by atoms with Gasteiger partial charge in [-0.3, -0.25) is 19.6 Å². The maximum absolute atomic E-state index is 14.4. The van der Waals surface area contributed by atoms with Crippen LogP contribution in [-0.2, 0) is 17.7 Å². The Morgan fingerprint density at radius 2 is 1.94 bits per heavy atom. The smallest absolute Gasteiger partial charge is 0.257 e. The number of anilines is 1. The van der Waals surface area contributed by atoms with Crippen molar-refractivity contribution in [3.8, 4) is 17.2 Å². The van der Waals surface area contributed by atoms with Gasteiger partial charge in [-0.2, -0.15) is 0 Å². The SMILES string of the molecule is CCN(C(=O)c1cc(F)ccc1Oc1cncnc1N1CC2(CC(Oc3ccnc4c3CN(CCCN3CCO[C@H]5CCN(C)C[C@@H]53)CC4)C2)C1)C(C)C. The number of halogens is 1. The first kappa shape index (κ1) is 37.0. The van der Waals surface area contributed by atoms with Gasteiger partial charge < -0.3 is 28.9 Å². The van der Waals surface area contributed by atoms with E-state index in [0.717, 1.165) is 103 Å². The molecule has 3 aromatic rings. The zero-order valence-electron chi connectivity index (χ0n) is 32.3. The van der Waals surface area contributed by atoms with Gasteiger partial charge in [-0.15, -0.1) is 0 Å². The molecule has 4 fully saturated rings. The molecule has 5 aliphatic rings. The molecule has 6 heterocycles. The molecule has 54 heavy (non-hydrogen) atoms. The second-order valence-corrected chi connectivity index (χ2v) is 16.3. The number of ether oxygens (including phenoxy) is 3. The average molecular weight is 743 g/mol. The highest BCUT2D eigenvalue weighted by molar-refractivity contribution is 5.97. The van der Waals surface area contributed by atoms with Crippen molar-refractivity contribution in [1.29, 1.82) is 0 Å². The number of rotatable bonds is 12. The van der Waals surface area contributed by atoms with Crippen LogP contribution in [0.15, 0.2) is 43.0 Å². The molecular weight excluding hydrogens is 688 g/mol. The van der Waals surface area contributed by atoms with E-state index >= 15 is 0 Å². The molecule has 13 heteroatoms. The Labute approximate surface area is 318 Å². The molecule has 1 spiro atoms. The minimum Gasteiger partial charge on any atom is -0.490 e. The number of fused-ring (bicyclic) bond motifs is 2. The van der Waals surface area contributed by atoms with Gasteiger partial charge in [-0.25, -0.2) is 14.4 Å². The van der Waals surface area contributed by atoms with E-state index in [1.165, 1.54) is 35.8 Å². The van der Waals surface area contributed by atoms with E-state index in [0.29, 0.717) is 30.3 Å². The number of carbonyl (C=O) groups excluding carboxylic acids is 1. The first-order valence-electron chi connectivity index (χ1n) is 19.9. The summed E-state index contributed by atoms with van der Waals surface area (Å²) in [5.74, 6) is 1.61. The van der Waals surface area contributed by atoms with Crippen molar-refractivity contribution in [2.75, 3.05) is 77.5 Å². The molecule has 0 unspecified atom stereocenters. The number of pyridine rings is 1. The Morgan fingerprint density at radius 1 is 1.09 bits per heavy atom. The summed E-state index contributed by atoms with van der Waals surface area (Å²) in [5, 5.41) is 0. The highest BCUT2D eigenvalue weighted by Gasteiger charge is 2.54. The van der Waals surface area contributed by atoms with Crippen LogP contribution >= 0.6 is 0 Å². The first-order valence-corrected chi connectivity index (χ1v) is 19.9. The molecule has 1 aromatic carbocycles. The first-order chi connectivity index (χ1) is 26.2. The van der Waals surface area contributed by atoms with Crippen LogP contribution in [0.5, 0.6) is 17.2 Å². The largest absolute Gasteiger partial charge is 0.490 e. The number of likely N-dealkylation sites (N-methyl/N-ethyl adjacent to an activating group) is 1. The third-order valence-electron chi connectivity index (χ3n) is 12.2. The van der Waals surface area contributed by atoms with E-state index in [1.807, 2.05) is 33.0 Å². The lowest BCUT2D eigenvalue weighted by Gasteiger charge is -2.59. The Hall–Kier alpha value is -3.91. The van der Waals surface area contributed by atoms with E-state index in [-0.39, 0.29) is 34.8 Å². The monoisotopic (exact) mass is 742 g/mol. The number of hydrogen-bond donors (Lipinski definition) is 0. The molecule has 1 saturated carbocycles. The highest BCUT2D eigenvalue weighted by atomic mass is 19.1. The molecule has 0 bridgehead atoms. The normalized spacial score (nSPS) is 23.0. The van der Waals surface area contributed by atoms with Crippen LogP contribution in [0.25, 0.3) is 0 Å². The molecular formula is C41H55FN8O4. The van der Waals surface area contributed by atoms with Crippen molar-refractivity contribution >= 4 is 11.7 Å². The molecule has 290 valence electrons. The van der Waals surface area contributed by atoms with Gasteiger partial charge in [0.05, 0.1) is 24.5 Å². The maximum atomic E-state index is 14.4. The fourth-order valence-corrected chi connectivity index (χ4v) is 9.38. The van der Waals surface area contributed by atoms with Crippen LogP contribution in [0.2, 0.25) is 0 Å². The molecule has 2 atom stereocenters. The van der Waals surface area contributed by atoms with E-state index in [2.05, 4.69) is 36.6 Å². The molecule has 12 nitrogen and oxygen atoms in total. The Morgan fingerprint density at radius 3 is 2.76 bits per heavy atom. The molecule has 1 aliphatic carbocycles. The molecule has 1 amide bonds. The fourth-order valence-electron chi connectivity index (χ4n) is 9.38. The molecule has 8 rings (SSSR count).